The molecule has 0 saturated carbocycles. The van der Waals surface area contributed by atoms with Crippen molar-refractivity contribution in [1.82, 2.24) is 10.3 Å². The molecule has 18 heavy (non-hydrogen) atoms. The Morgan fingerprint density at radius 2 is 2.06 bits per heavy atom. The van der Waals surface area contributed by atoms with Gasteiger partial charge in [-0.2, -0.15) is 0 Å². The van der Waals surface area contributed by atoms with Crippen LogP contribution in [0.5, 0.6) is 0 Å². The summed E-state index contributed by atoms with van der Waals surface area (Å²) in [5.41, 5.74) is 1.13. The highest BCUT2D eigenvalue weighted by Crippen LogP contribution is 2.27. The van der Waals surface area contributed by atoms with E-state index in [0.29, 0.717) is 4.90 Å². The summed E-state index contributed by atoms with van der Waals surface area (Å²) in [7, 11) is 0. The van der Waals surface area contributed by atoms with Gasteiger partial charge in [-0.1, -0.05) is 36.9 Å². The van der Waals surface area contributed by atoms with Crippen molar-refractivity contribution in [3.05, 3.63) is 54.0 Å². The average Bonchev–Trinajstić information content (AvgIpc) is 2.41. The number of rotatable bonds is 5. The largest absolute Gasteiger partial charge is 0.313 e. The summed E-state index contributed by atoms with van der Waals surface area (Å²) < 4.78 is 13.5. The first kappa shape index (κ1) is 13.1. The van der Waals surface area contributed by atoms with Crippen LogP contribution in [0.15, 0.2) is 52.5 Å². The van der Waals surface area contributed by atoms with E-state index < -0.39 is 0 Å². The number of hydrogen-bond donors (Lipinski definition) is 1. The summed E-state index contributed by atoms with van der Waals surface area (Å²) in [5, 5.41) is 4.04. The molecule has 0 spiro atoms. The fourth-order valence-electron chi connectivity index (χ4n) is 1.49. The van der Waals surface area contributed by atoms with E-state index in [0.717, 1.165) is 23.7 Å². The Balaban J connectivity index is 2.04. The summed E-state index contributed by atoms with van der Waals surface area (Å²) in [4.78, 5) is 4.93. The molecule has 0 atom stereocenters. The first-order valence-corrected chi connectivity index (χ1v) is 6.69. The molecule has 0 bridgehead atoms. The third-order valence-corrected chi connectivity index (χ3v) is 3.43. The Labute approximate surface area is 111 Å². The van der Waals surface area contributed by atoms with Crippen LogP contribution in [0.3, 0.4) is 0 Å². The Morgan fingerprint density at radius 3 is 2.72 bits per heavy atom. The van der Waals surface area contributed by atoms with Crippen molar-refractivity contribution in [3.63, 3.8) is 0 Å². The third-order valence-electron chi connectivity index (χ3n) is 2.43. The van der Waals surface area contributed by atoms with E-state index >= 15 is 0 Å². The minimum atomic E-state index is -0.207. The lowest BCUT2D eigenvalue weighted by molar-refractivity contribution is 0.602. The summed E-state index contributed by atoms with van der Waals surface area (Å²) in [5.74, 6) is -0.207. The molecule has 4 heteroatoms. The second-order valence-corrected chi connectivity index (χ2v) is 4.88. The van der Waals surface area contributed by atoms with Crippen molar-refractivity contribution < 1.29 is 4.39 Å². The normalized spacial score (nSPS) is 10.6. The van der Waals surface area contributed by atoms with Crippen molar-refractivity contribution in [2.45, 2.75) is 23.4 Å². The number of aromatic nitrogens is 1. The topological polar surface area (TPSA) is 24.9 Å². The number of nitrogens with zero attached hydrogens (tertiary/aromatic N) is 1. The maximum atomic E-state index is 13.5. The maximum Gasteiger partial charge on any atom is 0.137 e. The van der Waals surface area contributed by atoms with Crippen LogP contribution in [-0.4, -0.2) is 11.5 Å². The average molecular weight is 262 g/mol. The van der Waals surface area contributed by atoms with Crippen LogP contribution in [0.2, 0.25) is 0 Å². The van der Waals surface area contributed by atoms with Gasteiger partial charge in [-0.3, -0.25) is 0 Å². The van der Waals surface area contributed by atoms with Crippen LogP contribution in [0.4, 0.5) is 4.39 Å². The number of benzene rings is 1. The molecule has 0 radical (unpaired) electrons. The van der Waals surface area contributed by atoms with E-state index in [4.69, 9.17) is 0 Å². The van der Waals surface area contributed by atoms with Crippen molar-refractivity contribution in [1.29, 1.82) is 0 Å². The van der Waals surface area contributed by atoms with Crippen molar-refractivity contribution in [3.8, 4) is 0 Å². The van der Waals surface area contributed by atoms with Crippen LogP contribution in [0.25, 0.3) is 0 Å². The number of hydrogen-bond acceptors (Lipinski definition) is 3. The van der Waals surface area contributed by atoms with E-state index in [1.807, 2.05) is 24.4 Å². The van der Waals surface area contributed by atoms with Gasteiger partial charge in [0.25, 0.3) is 0 Å². The lowest BCUT2D eigenvalue weighted by Gasteiger charge is -2.04. The SMILES string of the molecule is CCNCc1ccc(Sc2ccccc2F)nc1. The molecule has 0 amide bonds. The minimum Gasteiger partial charge on any atom is -0.313 e. The monoisotopic (exact) mass is 262 g/mol. The van der Waals surface area contributed by atoms with Gasteiger partial charge in [0, 0.05) is 17.6 Å². The first-order chi connectivity index (χ1) is 8.79. The predicted molar refractivity (Wildman–Crippen MR) is 72.1 cm³/mol. The van der Waals surface area contributed by atoms with Crippen LogP contribution in [0.1, 0.15) is 12.5 Å². The third kappa shape index (κ3) is 3.55. The first-order valence-electron chi connectivity index (χ1n) is 5.87. The molecule has 0 saturated heterocycles. The van der Waals surface area contributed by atoms with Crippen LogP contribution < -0.4 is 5.32 Å². The van der Waals surface area contributed by atoms with Crippen LogP contribution >= 0.6 is 11.8 Å². The van der Waals surface area contributed by atoms with Gasteiger partial charge in [-0.15, -0.1) is 0 Å². The molecule has 0 aliphatic rings. The zero-order valence-electron chi connectivity index (χ0n) is 10.2. The van der Waals surface area contributed by atoms with Gasteiger partial charge in [0.1, 0.15) is 10.8 Å². The molecule has 2 aromatic rings. The second-order valence-electron chi connectivity index (χ2n) is 3.82. The summed E-state index contributed by atoms with van der Waals surface area (Å²) >= 11 is 1.34. The lowest BCUT2D eigenvalue weighted by atomic mass is 10.3. The molecule has 0 unspecified atom stereocenters. The number of nitrogens with one attached hydrogen (secondary N) is 1. The minimum absolute atomic E-state index is 0.207. The van der Waals surface area contributed by atoms with E-state index in [1.165, 1.54) is 17.8 Å². The van der Waals surface area contributed by atoms with Crippen molar-refractivity contribution in [2.24, 2.45) is 0 Å². The predicted octanol–water partition coefficient (Wildman–Crippen LogP) is 3.48. The summed E-state index contributed by atoms with van der Waals surface area (Å²) in [6, 6.07) is 10.7. The van der Waals surface area contributed by atoms with E-state index in [9.17, 15) is 4.39 Å². The van der Waals surface area contributed by atoms with Gasteiger partial charge in [-0.25, -0.2) is 9.37 Å². The molecule has 94 valence electrons. The summed E-state index contributed by atoms with van der Waals surface area (Å²) in [6.07, 6.45) is 1.83. The molecule has 0 aliphatic heterocycles. The van der Waals surface area contributed by atoms with Gasteiger partial charge >= 0.3 is 0 Å². The molecule has 1 heterocycles. The molecule has 0 aliphatic carbocycles. The van der Waals surface area contributed by atoms with E-state index in [-0.39, 0.29) is 5.82 Å². The van der Waals surface area contributed by atoms with Gasteiger partial charge in [-0.05, 0) is 30.3 Å². The zero-order valence-corrected chi connectivity index (χ0v) is 11.0. The number of pyridine rings is 1. The molecular weight excluding hydrogens is 247 g/mol. The van der Waals surface area contributed by atoms with Crippen LogP contribution in [0, 0.1) is 5.82 Å². The van der Waals surface area contributed by atoms with Crippen LogP contribution in [-0.2, 0) is 6.54 Å². The highest BCUT2D eigenvalue weighted by molar-refractivity contribution is 7.99. The highest BCUT2D eigenvalue weighted by Gasteiger charge is 2.04. The van der Waals surface area contributed by atoms with E-state index in [1.54, 1.807) is 12.1 Å². The van der Waals surface area contributed by atoms with Gasteiger partial charge in [0.2, 0.25) is 0 Å². The smallest absolute Gasteiger partial charge is 0.137 e. The standard InChI is InChI=1S/C14H15FN2S/c1-2-16-9-11-7-8-14(17-10-11)18-13-6-4-3-5-12(13)15/h3-8,10,16H,2,9H2,1H3. The van der Waals surface area contributed by atoms with Crippen molar-refractivity contribution in [2.75, 3.05) is 6.54 Å². The lowest BCUT2D eigenvalue weighted by Crippen LogP contribution is -2.11. The molecule has 2 nitrogen and oxygen atoms in total. The summed E-state index contributed by atoms with van der Waals surface area (Å²) in [6.45, 7) is 3.82. The molecule has 0 fully saturated rings. The molecule has 1 aromatic carbocycles. The zero-order chi connectivity index (χ0) is 12.8. The quantitative estimate of drug-likeness (QED) is 0.893. The Morgan fingerprint density at radius 1 is 1.22 bits per heavy atom. The maximum absolute atomic E-state index is 13.5. The Kier molecular flexibility index (Phi) is 4.73. The number of halogens is 1. The van der Waals surface area contributed by atoms with E-state index in [2.05, 4.69) is 17.2 Å². The fourth-order valence-corrected chi connectivity index (χ4v) is 2.26. The fraction of sp³-hybridized carbons (Fsp3) is 0.214. The highest BCUT2D eigenvalue weighted by atomic mass is 32.2. The van der Waals surface area contributed by atoms with Gasteiger partial charge < -0.3 is 5.32 Å². The molecular formula is C14H15FN2S. The molecule has 2 rings (SSSR count). The Bertz CT molecular complexity index is 499. The molecule has 1 N–H and O–H groups in total. The molecule has 1 aromatic heterocycles. The van der Waals surface area contributed by atoms with Crippen molar-refractivity contribution >= 4 is 11.8 Å². The van der Waals surface area contributed by atoms with Gasteiger partial charge in [0.05, 0.1) is 0 Å². The Hall–Kier alpha value is -1.39. The van der Waals surface area contributed by atoms with Gasteiger partial charge in [0.15, 0.2) is 0 Å². The second kappa shape index (κ2) is 6.52.